The molecule has 0 fully saturated rings. The van der Waals surface area contributed by atoms with E-state index < -0.39 is 0 Å². The third kappa shape index (κ3) is 6.51. The minimum atomic E-state index is 0.440. The van der Waals surface area contributed by atoms with Crippen molar-refractivity contribution >= 4 is 5.57 Å². The van der Waals surface area contributed by atoms with Gasteiger partial charge in [-0.2, -0.15) is 0 Å². The molecule has 0 saturated heterocycles. The normalized spacial score (nSPS) is 17.8. The number of pyridine rings is 2. The van der Waals surface area contributed by atoms with Crippen molar-refractivity contribution in [2.24, 2.45) is 5.92 Å². The van der Waals surface area contributed by atoms with Crippen LogP contribution in [0.4, 0.5) is 0 Å². The zero-order valence-electron chi connectivity index (χ0n) is 21.7. The van der Waals surface area contributed by atoms with Gasteiger partial charge in [0.15, 0.2) is 0 Å². The number of methoxy groups -OCH3 is 1. The Hall–Kier alpha value is -2.00. The Morgan fingerprint density at radius 2 is 1.78 bits per heavy atom. The predicted octanol–water partition coefficient (Wildman–Crippen LogP) is 8.20. The molecule has 2 aromatic heterocycles. The van der Waals surface area contributed by atoms with E-state index in [1.165, 1.54) is 28.8 Å². The number of hydrogen-bond acceptors (Lipinski definition) is 3. The second-order valence-corrected chi connectivity index (χ2v) is 9.43. The minimum Gasteiger partial charge on any atom is -0.385 e. The van der Waals surface area contributed by atoms with E-state index in [4.69, 9.17) is 14.7 Å². The van der Waals surface area contributed by atoms with Gasteiger partial charge in [-0.05, 0) is 73.3 Å². The molecule has 1 aliphatic rings. The van der Waals surface area contributed by atoms with Gasteiger partial charge in [-0.15, -0.1) is 0 Å². The van der Waals surface area contributed by atoms with Crippen molar-refractivity contribution in [3.05, 3.63) is 53.0 Å². The number of hydrogen-bond donors (Lipinski definition) is 0. The standard InChI is InChI=1S/C26H36N2O.C3H8/c1-7-8-24-22(12-13-23(27-24)17(2)3)25-14-11-21-19(5)20(15-16-29-6)10-9-18(4)26(21)28-25;1-3-2/h9,11-14,17,19-20H,7-8,10,15-16H2,1-6H3;3H2,1-2H3/t19-,20?;/m1./s1. The number of aryl methyl sites for hydroxylation is 1. The fraction of sp³-hybridized carbons (Fsp3) is 0.586. The fourth-order valence-electron chi connectivity index (χ4n) is 4.32. The summed E-state index contributed by atoms with van der Waals surface area (Å²) in [6.45, 7) is 16.2. The van der Waals surface area contributed by atoms with Gasteiger partial charge < -0.3 is 4.74 Å². The highest BCUT2D eigenvalue weighted by Crippen LogP contribution is 2.38. The Bertz CT molecular complexity index is 885. The average Bonchev–Trinajstić information content (AvgIpc) is 2.89. The van der Waals surface area contributed by atoms with Gasteiger partial charge in [0.2, 0.25) is 0 Å². The number of allylic oxidation sites excluding steroid dienone is 2. The Labute approximate surface area is 196 Å². The average molecular weight is 437 g/mol. The van der Waals surface area contributed by atoms with Crippen LogP contribution in [0.5, 0.6) is 0 Å². The molecule has 176 valence electrons. The fourth-order valence-corrected chi connectivity index (χ4v) is 4.32. The summed E-state index contributed by atoms with van der Waals surface area (Å²) in [5, 5.41) is 0. The van der Waals surface area contributed by atoms with Crippen molar-refractivity contribution < 1.29 is 4.74 Å². The number of aromatic nitrogens is 2. The quantitative estimate of drug-likeness (QED) is 0.439. The molecule has 0 amide bonds. The van der Waals surface area contributed by atoms with Gasteiger partial charge in [0.25, 0.3) is 0 Å². The number of nitrogens with zero attached hydrogens (tertiary/aromatic N) is 2. The first-order valence-corrected chi connectivity index (χ1v) is 12.5. The molecular weight excluding hydrogens is 392 g/mol. The molecule has 2 heterocycles. The molecule has 1 unspecified atom stereocenters. The Kier molecular flexibility index (Phi) is 10.6. The van der Waals surface area contributed by atoms with E-state index in [-0.39, 0.29) is 0 Å². The molecule has 0 N–H and O–H groups in total. The summed E-state index contributed by atoms with van der Waals surface area (Å²) in [4.78, 5) is 10.1. The highest BCUT2D eigenvalue weighted by molar-refractivity contribution is 5.70. The van der Waals surface area contributed by atoms with Gasteiger partial charge in [-0.25, -0.2) is 4.98 Å². The molecule has 1 aliphatic carbocycles. The lowest BCUT2D eigenvalue weighted by molar-refractivity contribution is 0.172. The monoisotopic (exact) mass is 436 g/mol. The van der Waals surface area contributed by atoms with E-state index in [1.807, 2.05) is 0 Å². The minimum absolute atomic E-state index is 0.440. The second kappa shape index (κ2) is 12.9. The van der Waals surface area contributed by atoms with Crippen LogP contribution in [0.3, 0.4) is 0 Å². The highest BCUT2D eigenvalue weighted by Gasteiger charge is 2.25. The lowest BCUT2D eigenvalue weighted by Gasteiger charge is -2.23. The van der Waals surface area contributed by atoms with Crippen molar-refractivity contribution in [3.8, 4) is 11.3 Å². The smallest absolute Gasteiger partial charge is 0.0727 e. The molecule has 0 aliphatic heterocycles. The zero-order chi connectivity index (χ0) is 23.7. The Morgan fingerprint density at radius 1 is 1.06 bits per heavy atom. The van der Waals surface area contributed by atoms with E-state index in [0.717, 1.165) is 49.4 Å². The third-order valence-electron chi connectivity index (χ3n) is 6.27. The van der Waals surface area contributed by atoms with Crippen LogP contribution in [-0.2, 0) is 11.2 Å². The van der Waals surface area contributed by atoms with Crippen molar-refractivity contribution in [2.75, 3.05) is 13.7 Å². The summed E-state index contributed by atoms with van der Waals surface area (Å²) in [6.07, 6.45) is 7.87. The van der Waals surface area contributed by atoms with Crippen LogP contribution in [0.25, 0.3) is 16.8 Å². The summed E-state index contributed by atoms with van der Waals surface area (Å²) in [6, 6.07) is 8.89. The first-order chi connectivity index (χ1) is 15.4. The summed E-state index contributed by atoms with van der Waals surface area (Å²) in [5.74, 6) is 1.52. The van der Waals surface area contributed by atoms with E-state index in [0.29, 0.717) is 17.8 Å². The molecule has 0 aromatic carbocycles. The van der Waals surface area contributed by atoms with Crippen molar-refractivity contribution in [3.63, 3.8) is 0 Å². The van der Waals surface area contributed by atoms with Gasteiger partial charge in [0, 0.05) is 25.0 Å². The highest BCUT2D eigenvalue weighted by atomic mass is 16.5. The van der Waals surface area contributed by atoms with Crippen LogP contribution in [0.15, 0.2) is 30.3 Å². The van der Waals surface area contributed by atoms with Gasteiger partial charge in [0.05, 0.1) is 17.1 Å². The third-order valence-corrected chi connectivity index (χ3v) is 6.27. The van der Waals surface area contributed by atoms with Gasteiger partial charge >= 0.3 is 0 Å². The van der Waals surface area contributed by atoms with Crippen LogP contribution < -0.4 is 0 Å². The molecule has 0 spiro atoms. The predicted molar refractivity (Wildman–Crippen MR) is 138 cm³/mol. The lowest BCUT2D eigenvalue weighted by atomic mass is 9.84. The SMILES string of the molecule is CCC.CCCc1nc(C(C)C)ccc1-c1ccc2c(n1)C(C)=CCC(CCOC)[C@H]2C. The van der Waals surface area contributed by atoms with Crippen LogP contribution in [-0.4, -0.2) is 23.7 Å². The number of ether oxygens (including phenoxy) is 1. The molecule has 2 aromatic rings. The van der Waals surface area contributed by atoms with E-state index in [1.54, 1.807) is 7.11 Å². The van der Waals surface area contributed by atoms with Crippen LogP contribution in [0.2, 0.25) is 0 Å². The molecule has 2 atom stereocenters. The summed E-state index contributed by atoms with van der Waals surface area (Å²) >= 11 is 0. The molecule has 0 saturated carbocycles. The van der Waals surface area contributed by atoms with Crippen LogP contribution >= 0.6 is 0 Å². The zero-order valence-corrected chi connectivity index (χ0v) is 21.7. The molecule has 3 rings (SSSR count). The second-order valence-electron chi connectivity index (χ2n) is 9.43. The maximum Gasteiger partial charge on any atom is 0.0727 e. The van der Waals surface area contributed by atoms with E-state index >= 15 is 0 Å². The lowest BCUT2D eigenvalue weighted by Crippen LogP contribution is -2.12. The van der Waals surface area contributed by atoms with Crippen molar-refractivity contribution in [1.82, 2.24) is 9.97 Å². The Morgan fingerprint density at radius 3 is 2.41 bits per heavy atom. The topological polar surface area (TPSA) is 35.0 Å². The molecular formula is C29H44N2O. The first kappa shape index (κ1) is 26.3. The van der Waals surface area contributed by atoms with Crippen molar-refractivity contribution in [2.45, 2.75) is 92.4 Å². The molecule has 0 radical (unpaired) electrons. The van der Waals surface area contributed by atoms with Gasteiger partial charge in [-0.1, -0.05) is 66.5 Å². The van der Waals surface area contributed by atoms with E-state index in [2.05, 4.69) is 78.8 Å². The maximum absolute atomic E-state index is 5.34. The summed E-state index contributed by atoms with van der Waals surface area (Å²) in [5.41, 5.74) is 8.38. The summed E-state index contributed by atoms with van der Waals surface area (Å²) < 4.78 is 5.34. The summed E-state index contributed by atoms with van der Waals surface area (Å²) in [7, 11) is 1.79. The number of fused-ring (bicyclic) bond motifs is 1. The Balaban J connectivity index is 0.00000114. The molecule has 32 heavy (non-hydrogen) atoms. The van der Waals surface area contributed by atoms with Crippen LogP contribution in [0.1, 0.15) is 109 Å². The first-order valence-electron chi connectivity index (χ1n) is 12.5. The van der Waals surface area contributed by atoms with Gasteiger partial charge in [0.1, 0.15) is 0 Å². The maximum atomic E-state index is 5.34. The molecule has 0 bridgehead atoms. The van der Waals surface area contributed by atoms with E-state index in [9.17, 15) is 0 Å². The van der Waals surface area contributed by atoms with Crippen molar-refractivity contribution in [1.29, 1.82) is 0 Å². The molecule has 3 nitrogen and oxygen atoms in total. The van der Waals surface area contributed by atoms with Gasteiger partial charge in [-0.3, -0.25) is 4.98 Å². The largest absolute Gasteiger partial charge is 0.385 e. The molecule has 3 heteroatoms. The van der Waals surface area contributed by atoms with Crippen LogP contribution in [0, 0.1) is 5.92 Å². The number of rotatable bonds is 7.